The van der Waals surface area contributed by atoms with Crippen molar-refractivity contribution in [2.45, 2.75) is 53.6 Å². The molecular weight excluding hydrogens is 438 g/mol. The number of aryl methyl sites for hydroxylation is 3. The number of likely N-dealkylation sites (N-methyl/N-ethyl adjacent to an activating group) is 1. The number of anilines is 1. The lowest BCUT2D eigenvalue weighted by Gasteiger charge is -2.33. The number of carbonyl (C=O) groups excluding carboxylic acids is 2. The summed E-state index contributed by atoms with van der Waals surface area (Å²) in [6.45, 7) is 9.54. The molecule has 0 spiro atoms. The van der Waals surface area contributed by atoms with Gasteiger partial charge in [-0.3, -0.25) is 13.9 Å². The number of carbonyl (C=O) groups is 2. The van der Waals surface area contributed by atoms with Gasteiger partial charge in [0, 0.05) is 13.1 Å². The second-order valence-corrected chi connectivity index (χ2v) is 10.2. The first-order valence-electron chi connectivity index (χ1n) is 11.2. The molecule has 0 aliphatic rings. The summed E-state index contributed by atoms with van der Waals surface area (Å²) >= 11 is 0. The van der Waals surface area contributed by atoms with Crippen LogP contribution in [0.1, 0.15) is 42.5 Å². The van der Waals surface area contributed by atoms with Gasteiger partial charge in [0.1, 0.15) is 12.6 Å². The van der Waals surface area contributed by atoms with Crippen LogP contribution in [0.5, 0.6) is 0 Å². The van der Waals surface area contributed by atoms with Gasteiger partial charge in [-0.1, -0.05) is 55.0 Å². The highest BCUT2D eigenvalue weighted by atomic mass is 32.2. The van der Waals surface area contributed by atoms with Crippen LogP contribution in [0.4, 0.5) is 5.69 Å². The maximum absolute atomic E-state index is 13.6. The first kappa shape index (κ1) is 26.4. The summed E-state index contributed by atoms with van der Waals surface area (Å²) in [7, 11) is -3.75. The lowest BCUT2D eigenvalue weighted by atomic mass is 10.1. The third kappa shape index (κ3) is 6.81. The maximum atomic E-state index is 13.6. The molecule has 0 aliphatic heterocycles. The van der Waals surface area contributed by atoms with Crippen LogP contribution in [0, 0.1) is 20.8 Å². The van der Waals surface area contributed by atoms with E-state index in [1.807, 2.05) is 77.1 Å². The smallest absolute Gasteiger partial charge is 0.244 e. The second kappa shape index (κ2) is 11.3. The highest BCUT2D eigenvalue weighted by Gasteiger charge is 2.32. The molecule has 0 unspecified atom stereocenters. The Kier molecular flexibility index (Phi) is 9.05. The molecule has 0 radical (unpaired) electrons. The van der Waals surface area contributed by atoms with Crippen molar-refractivity contribution in [2.24, 2.45) is 0 Å². The van der Waals surface area contributed by atoms with E-state index in [4.69, 9.17) is 0 Å². The molecule has 2 aromatic rings. The molecule has 2 rings (SSSR count). The van der Waals surface area contributed by atoms with Crippen molar-refractivity contribution in [2.75, 3.05) is 23.7 Å². The van der Waals surface area contributed by atoms with Crippen molar-refractivity contribution >= 4 is 27.5 Å². The van der Waals surface area contributed by atoms with Crippen LogP contribution in [0.15, 0.2) is 42.5 Å². The molecule has 2 amide bonds. The molecule has 0 aliphatic carbocycles. The van der Waals surface area contributed by atoms with Gasteiger partial charge in [-0.2, -0.15) is 0 Å². The van der Waals surface area contributed by atoms with Crippen LogP contribution in [-0.4, -0.2) is 50.5 Å². The van der Waals surface area contributed by atoms with Gasteiger partial charge in [0.05, 0.1) is 11.9 Å². The molecule has 0 heterocycles. The highest BCUT2D eigenvalue weighted by Crippen LogP contribution is 2.27. The average molecular weight is 474 g/mol. The van der Waals surface area contributed by atoms with Gasteiger partial charge in [-0.05, 0) is 50.8 Å². The molecule has 0 saturated carbocycles. The Hall–Kier alpha value is -2.87. The molecule has 1 N–H and O–H groups in total. The van der Waals surface area contributed by atoms with Crippen LogP contribution in [0.3, 0.4) is 0 Å². The predicted molar refractivity (Wildman–Crippen MR) is 133 cm³/mol. The molecule has 33 heavy (non-hydrogen) atoms. The molecule has 2 aromatic carbocycles. The summed E-state index contributed by atoms with van der Waals surface area (Å²) in [6.07, 6.45) is 1.50. The quantitative estimate of drug-likeness (QED) is 0.574. The summed E-state index contributed by atoms with van der Waals surface area (Å²) in [5.74, 6) is -0.679. The van der Waals surface area contributed by atoms with Crippen LogP contribution >= 0.6 is 0 Å². The average Bonchev–Trinajstić information content (AvgIpc) is 2.72. The van der Waals surface area contributed by atoms with E-state index in [-0.39, 0.29) is 19.0 Å². The first-order valence-corrected chi connectivity index (χ1v) is 13.0. The monoisotopic (exact) mass is 473 g/mol. The Bertz CT molecular complexity index is 1080. The number of amides is 2. The van der Waals surface area contributed by atoms with Crippen molar-refractivity contribution in [1.29, 1.82) is 0 Å². The number of nitrogens with zero attached hydrogens (tertiary/aromatic N) is 2. The largest absolute Gasteiger partial charge is 0.355 e. The molecule has 1 atom stereocenters. The lowest BCUT2D eigenvalue weighted by molar-refractivity contribution is -0.140. The van der Waals surface area contributed by atoms with Gasteiger partial charge in [0.15, 0.2) is 0 Å². The zero-order valence-corrected chi connectivity index (χ0v) is 21.2. The minimum atomic E-state index is -3.75. The minimum Gasteiger partial charge on any atom is -0.355 e. The van der Waals surface area contributed by atoms with Gasteiger partial charge in [0.25, 0.3) is 0 Å². The molecule has 0 aromatic heterocycles. The molecule has 0 saturated heterocycles. The third-order valence-corrected chi connectivity index (χ3v) is 6.65. The maximum Gasteiger partial charge on any atom is 0.244 e. The molecule has 0 fully saturated rings. The number of benzene rings is 2. The van der Waals surface area contributed by atoms with Crippen LogP contribution in [0.25, 0.3) is 0 Å². The molecule has 8 heteroatoms. The molecule has 180 valence electrons. The topological polar surface area (TPSA) is 86.8 Å². The summed E-state index contributed by atoms with van der Waals surface area (Å²) < 4.78 is 26.6. The zero-order chi connectivity index (χ0) is 24.8. The SMILES string of the molecule is CCNC(=O)[C@H](CC)N(Cc1cccc(C)c1)C(=O)CN(c1c(C)cccc1C)S(C)(=O)=O. The minimum absolute atomic E-state index is 0.209. The summed E-state index contributed by atoms with van der Waals surface area (Å²) in [4.78, 5) is 27.9. The Balaban J connectivity index is 2.49. The van der Waals surface area contributed by atoms with E-state index in [1.165, 1.54) is 4.90 Å². The Labute approximate surface area is 197 Å². The number of para-hydroxylation sites is 1. The Morgan fingerprint density at radius 3 is 2.12 bits per heavy atom. The highest BCUT2D eigenvalue weighted by molar-refractivity contribution is 7.92. The zero-order valence-electron chi connectivity index (χ0n) is 20.4. The lowest BCUT2D eigenvalue weighted by Crippen LogP contribution is -2.52. The number of rotatable bonds is 10. The summed E-state index contributed by atoms with van der Waals surface area (Å²) in [6, 6.07) is 12.5. The number of hydrogen-bond acceptors (Lipinski definition) is 4. The van der Waals surface area contributed by atoms with E-state index >= 15 is 0 Å². The van der Waals surface area contributed by atoms with Crippen molar-refractivity contribution in [3.05, 3.63) is 64.7 Å². The van der Waals surface area contributed by atoms with Gasteiger partial charge in [-0.25, -0.2) is 8.42 Å². The number of sulfonamides is 1. The molecule has 7 nitrogen and oxygen atoms in total. The van der Waals surface area contributed by atoms with Crippen LogP contribution in [-0.2, 0) is 26.2 Å². The summed E-state index contributed by atoms with van der Waals surface area (Å²) in [5.41, 5.74) is 3.93. The Morgan fingerprint density at radius 2 is 1.61 bits per heavy atom. The van der Waals surface area contributed by atoms with Gasteiger partial charge in [-0.15, -0.1) is 0 Å². The van der Waals surface area contributed by atoms with Gasteiger partial charge >= 0.3 is 0 Å². The van der Waals surface area contributed by atoms with E-state index in [9.17, 15) is 18.0 Å². The third-order valence-electron chi connectivity index (χ3n) is 5.54. The number of hydrogen-bond donors (Lipinski definition) is 1. The summed E-state index contributed by atoms with van der Waals surface area (Å²) in [5, 5.41) is 2.80. The molecule has 0 bridgehead atoms. The van der Waals surface area contributed by atoms with Gasteiger partial charge < -0.3 is 10.2 Å². The molecular formula is C25H35N3O4S. The number of nitrogens with one attached hydrogen (secondary N) is 1. The van der Waals surface area contributed by atoms with Crippen LogP contribution < -0.4 is 9.62 Å². The normalized spacial score (nSPS) is 12.2. The van der Waals surface area contributed by atoms with E-state index in [2.05, 4.69) is 5.32 Å². The van der Waals surface area contributed by atoms with E-state index in [1.54, 1.807) is 0 Å². The second-order valence-electron chi connectivity index (χ2n) is 8.34. The first-order chi connectivity index (χ1) is 15.5. The van der Waals surface area contributed by atoms with E-state index in [0.29, 0.717) is 18.7 Å². The standard InChI is InChI=1S/C25H35N3O4S/c1-7-22(25(30)26-8-2)27(16-21-14-9-11-18(3)15-21)23(29)17-28(33(6,31)32)24-19(4)12-10-13-20(24)5/h9-15,22H,7-8,16-17H2,1-6H3,(H,26,30)/t22-/m0/s1. The van der Waals surface area contributed by atoms with Crippen molar-refractivity contribution < 1.29 is 18.0 Å². The fourth-order valence-electron chi connectivity index (χ4n) is 3.99. The van der Waals surface area contributed by atoms with Crippen molar-refractivity contribution in [3.63, 3.8) is 0 Å². The fraction of sp³-hybridized carbons (Fsp3) is 0.440. The van der Waals surface area contributed by atoms with Crippen molar-refractivity contribution in [1.82, 2.24) is 10.2 Å². The van der Waals surface area contributed by atoms with Crippen molar-refractivity contribution in [3.8, 4) is 0 Å². The Morgan fingerprint density at radius 1 is 1.00 bits per heavy atom. The van der Waals surface area contributed by atoms with E-state index in [0.717, 1.165) is 32.8 Å². The predicted octanol–water partition coefficient (Wildman–Crippen LogP) is 3.32. The van der Waals surface area contributed by atoms with Crippen LogP contribution in [0.2, 0.25) is 0 Å². The fourth-order valence-corrected chi connectivity index (χ4v) is 4.96. The van der Waals surface area contributed by atoms with Gasteiger partial charge in [0.2, 0.25) is 21.8 Å². The van der Waals surface area contributed by atoms with E-state index < -0.39 is 22.0 Å².